The zero-order chi connectivity index (χ0) is 19.4. The van der Waals surface area contributed by atoms with Crippen molar-refractivity contribution in [3.05, 3.63) is 52.8 Å². The van der Waals surface area contributed by atoms with Crippen LogP contribution >= 0.6 is 11.8 Å². The maximum Gasteiger partial charge on any atom is 0.230 e. The van der Waals surface area contributed by atoms with Crippen LogP contribution in [0.3, 0.4) is 0 Å². The Kier molecular flexibility index (Phi) is 6.16. The van der Waals surface area contributed by atoms with E-state index in [1.807, 2.05) is 11.6 Å². The minimum absolute atomic E-state index is 0.0395. The first kappa shape index (κ1) is 19.4. The fraction of sp³-hybridized carbons (Fsp3) is 0.381. The van der Waals surface area contributed by atoms with Crippen molar-refractivity contribution in [1.82, 2.24) is 20.1 Å². The number of nitrogens with one attached hydrogen (secondary N) is 1. The summed E-state index contributed by atoms with van der Waals surface area (Å²) >= 11 is 1.49. The minimum atomic E-state index is 0.0395. The number of amides is 1. The summed E-state index contributed by atoms with van der Waals surface area (Å²) < 4.78 is 1.99. The molecule has 0 saturated heterocycles. The number of carbonyl (C=O) groups excluding carboxylic acids is 1. The fourth-order valence-corrected chi connectivity index (χ4v) is 3.95. The summed E-state index contributed by atoms with van der Waals surface area (Å²) in [5.74, 6) is 0.418. The molecule has 0 unspecified atom stereocenters. The van der Waals surface area contributed by atoms with E-state index in [1.165, 1.54) is 22.7 Å². The second kappa shape index (κ2) is 8.57. The molecule has 0 aliphatic heterocycles. The van der Waals surface area contributed by atoms with Gasteiger partial charge in [0.15, 0.2) is 0 Å². The molecule has 5 nitrogen and oxygen atoms in total. The van der Waals surface area contributed by atoms with E-state index in [1.54, 1.807) is 0 Å². The molecule has 0 aliphatic carbocycles. The molecular formula is C21H26N4OS. The molecule has 1 aromatic carbocycles. The number of pyridine rings is 1. The van der Waals surface area contributed by atoms with Gasteiger partial charge in [-0.15, -0.1) is 0 Å². The van der Waals surface area contributed by atoms with Crippen molar-refractivity contribution in [3.63, 3.8) is 0 Å². The van der Waals surface area contributed by atoms with Crippen molar-refractivity contribution in [1.29, 1.82) is 0 Å². The van der Waals surface area contributed by atoms with Gasteiger partial charge in [-0.05, 0) is 57.4 Å². The lowest BCUT2D eigenvalue weighted by molar-refractivity contribution is -0.118. The van der Waals surface area contributed by atoms with Gasteiger partial charge in [-0.1, -0.05) is 30.0 Å². The number of hydrogen-bond donors (Lipinski definition) is 1. The lowest BCUT2D eigenvalue weighted by Crippen LogP contribution is -2.27. The highest BCUT2D eigenvalue weighted by Gasteiger charge is 2.08. The van der Waals surface area contributed by atoms with E-state index in [0.29, 0.717) is 12.3 Å². The van der Waals surface area contributed by atoms with Crippen molar-refractivity contribution in [2.45, 2.75) is 45.7 Å². The Morgan fingerprint density at radius 2 is 1.96 bits per heavy atom. The van der Waals surface area contributed by atoms with Crippen molar-refractivity contribution in [3.8, 4) is 0 Å². The number of hydrogen-bond acceptors (Lipinski definition) is 4. The monoisotopic (exact) mass is 382 g/mol. The average Bonchev–Trinajstić information content (AvgIpc) is 2.95. The molecule has 0 aliphatic rings. The molecule has 1 N–H and O–H groups in total. The Labute approximate surface area is 164 Å². The summed E-state index contributed by atoms with van der Waals surface area (Å²) in [5, 5.41) is 9.49. The molecular weight excluding hydrogens is 356 g/mol. The minimum Gasteiger partial charge on any atom is -0.355 e. The molecule has 0 saturated carbocycles. The Balaban J connectivity index is 1.48. The van der Waals surface area contributed by atoms with E-state index in [0.717, 1.165) is 40.5 Å². The van der Waals surface area contributed by atoms with Crippen molar-refractivity contribution >= 4 is 28.6 Å². The zero-order valence-corrected chi connectivity index (χ0v) is 17.2. The maximum atomic E-state index is 12.1. The quantitative estimate of drug-likeness (QED) is 0.496. The molecule has 3 rings (SSSR count). The van der Waals surface area contributed by atoms with Crippen LogP contribution in [0.1, 0.15) is 28.9 Å². The van der Waals surface area contributed by atoms with Gasteiger partial charge in [0.05, 0.1) is 22.0 Å². The first-order valence-electron chi connectivity index (χ1n) is 9.21. The van der Waals surface area contributed by atoms with Crippen LogP contribution < -0.4 is 5.32 Å². The van der Waals surface area contributed by atoms with Crippen molar-refractivity contribution < 1.29 is 4.79 Å². The summed E-state index contributed by atoms with van der Waals surface area (Å²) in [7, 11) is 0. The van der Waals surface area contributed by atoms with Gasteiger partial charge in [0.25, 0.3) is 0 Å². The van der Waals surface area contributed by atoms with E-state index in [9.17, 15) is 4.79 Å². The van der Waals surface area contributed by atoms with Crippen LogP contribution in [0.5, 0.6) is 0 Å². The lowest BCUT2D eigenvalue weighted by Gasteiger charge is -2.09. The van der Waals surface area contributed by atoms with Gasteiger partial charge in [-0.25, -0.2) is 4.98 Å². The molecule has 1 amide bonds. The molecule has 0 bridgehead atoms. The number of carbonyl (C=O) groups is 1. The Hall–Kier alpha value is -2.34. The van der Waals surface area contributed by atoms with Crippen molar-refractivity contribution in [2.24, 2.45) is 0 Å². The zero-order valence-electron chi connectivity index (χ0n) is 16.4. The molecule has 27 heavy (non-hydrogen) atoms. The molecule has 142 valence electrons. The second-order valence-electron chi connectivity index (χ2n) is 6.89. The normalized spacial score (nSPS) is 11.1. The SMILES string of the molecule is Cc1cc(C)n(CCCNC(=O)CSc2cc(C)c3cccc(C)c3n2)n1. The highest BCUT2D eigenvalue weighted by atomic mass is 32.2. The fourth-order valence-electron chi connectivity index (χ4n) is 3.15. The first-order valence-corrected chi connectivity index (χ1v) is 10.2. The number of aromatic nitrogens is 3. The number of aryl methyl sites for hydroxylation is 5. The molecule has 3 aromatic rings. The van der Waals surface area contributed by atoms with Crippen LogP contribution in [0.2, 0.25) is 0 Å². The van der Waals surface area contributed by atoms with Gasteiger partial charge in [0.1, 0.15) is 0 Å². The number of rotatable bonds is 7. The highest BCUT2D eigenvalue weighted by Crippen LogP contribution is 2.25. The molecule has 2 heterocycles. The topological polar surface area (TPSA) is 59.8 Å². The standard InChI is InChI=1S/C21H26N4OS/c1-14-7-5-8-18-15(2)11-20(23-21(14)18)27-13-19(26)22-9-6-10-25-17(4)12-16(3)24-25/h5,7-8,11-12H,6,9-10,13H2,1-4H3,(H,22,26). The van der Waals surface area contributed by atoms with Gasteiger partial charge in [-0.2, -0.15) is 5.10 Å². The summed E-state index contributed by atoms with van der Waals surface area (Å²) in [5.41, 5.74) is 5.55. The third-order valence-corrected chi connectivity index (χ3v) is 5.46. The second-order valence-corrected chi connectivity index (χ2v) is 7.89. The summed E-state index contributed by atoms with van der Waals surface area (Å²) in [6.45, 7) is 9.67. The Morgan fingerprint density at radius 3 is 2.70 bits per heavy atom. The van der Waals surface area contributed by atoms with Crippen LogP contribution in [0.15, 0.2) is 35.4 Å². The van der Waals surface area contributed by atoms with Crippen LogP contribution in [0.25, 0.3) is 10.9 Å². The smallest absolute Gasteiger partial charge is 0.230 e. The number of fused-ring (bicyclic) bond motifs is 1. The van der Waals surface area contributed by atoms with Crippen LogP contribution in [0, 0.1) is 27.7 Å². The molecule has 2 aromatic heterocycles. The number of nitrogens with zero attached hydrogens (tertiary/aromatic N) is 3. The average molecular weight is 383 g/mol. The molecule has 0 atom stereocenters. The van der Waals surface area contributed by atoms with Crippen LogP contribution in [-0.4, -0.2) is 33.0 Å². The van der Waals surface area contributed by atoms with Gasteiger partial charge in [0, 0.05) is 24.2 Å². The predicted molar refractivity (Wildman–Crippen MR) is 111 cm³/mol. The van der Waals surface area contributed by atoms with Gasteiger partial charge in [-0.3, -0.25) is 9.48 Å². The third-order valence-electron chi connectivity index (χ3n) is 4.55. The largest absolute Gasteiger partial charge is 0.355 e. The van der Waals surface area contributed by atoms with Gasteiger partial charge in [0.2, 0.25) is 5.91 Å². The number of benzene rings is 1. The number of thioether (sulfide) groups is 1. The van der Waals surface area contributed by atoms with E-state index in [4.69, 9.17) is 4.98 Å². The third kappa shape index (κ3) is 4.89. The van der Waals surface area contributed by atoms with E-state index >= 15 is 0 Å². The van der Waals surface area contributed by atoms with E-state index in [-0.39, 0.29) is 5.91 Å². The summed E-state index contributed by atoms with van der Waals surface area (Å²) in [4.78, 5) is 16.9. The summed E-state index contributed by atoms with van der Waals surface area (Å²) in [6, 6.07) is 10.3. The Bertz CT molecular complexity index is 964. The first-order chi connectivity index (χ1) is 12.9. The lowest BCUT2D eigenvalue weighted by atomic mass is 10.1. The van der Waals surface area contributed by atoms with Crippen LogP contribution in [0.4, 0.5) is 0 Å². The maximum absolute atomic E-state index is 12.1. The molecule has 0 fully saturated rings. The Morgan fingerprint density at radius 1 is 1.15 bits per heavy atom. The van der Waals surface area contributed by atoms with Gasteiger partial charge >= 0.3 is 0 Å². The van der Waals surface area contributed by atoms with Gasteiger partial charge < -0.3 is 5.32 Å². The summed E-state index contributed by atoms with van der Waals surface area (Å²) in [6.07, 6.45) is 0.866. The van der Waals surface area contributed by atoms with E-state index in [2.05, 4.69) is 61.5 Å². The highest BCUT2D eigenvalue weighted by molar-refractivity contribution is 7.99. The number of para-hydroxylation sites is 1. The van der Waals surface area contributed by atoms with E-state index < -0.39 is 0 Å². The molecule has 0 radical (unpaired) electrons. The molecule has 6 heteroatoms. The predicted octanol–water partition coefficient (Wildman–Crippen LogP) is 3.96. The molecule has 0 spiro atoms. The van der Waals surface area contributed by atoms with Crippen molar-refractivity contribution in [2.75, 3.05) is 12.3 Å². The van der Waals surface area contributed by atoms with Crippen LogP contribution in [-0.2, 0) is 11.3 Å².